The maximum atomic E-state index is 12.7. The summed E-state index contributed by atoms with van der Waals surface area (Å²) in [6, 6.07) is 21.7. The minimum Gasteiger partial charge on any atom is -0.359 e. The molecule has 0 aliphatic rings. The molecule has 0 aliphatic carbocycles. The van der Waals surface area contributed by atoms with Gasteiger partial charge in [0, 0.05) is 25.2 Å². The van der Waals surface area contributed by atoms with Gasteiger partial charge < -0.3 is 9.42 Å². The number of amides is 1. The lowest BCUT2D eigenvalue weighted by molar-refractivity contribution is 0.0766. The van der Waals surface area contributed by atoms with Crippen LogP contribution < -0.4 is 0 Å². The van der Waals surface area contributed by atoms with Crippen LogP contribution in [0.4, 0.5) is 0 Å². The Morgan fingerprint density at radius 1 is 1.07 bits per heavy atom. The van der Waals surface area contributed by atoms with E-state index < -0.39 is 0 Å². The smallest absolute Gasteiger partial charge is 0.276 e. The molecule has 0 unspecified atom stereocenters. The zero-order chi connectivity index (χ0) is 20.1. The first-order chi connectivity index (χ1) is 14.2. The number of hydrogen-bond acceptors (Lipinski definition) is 5. The van der Waals surface area contributed by atoms with Crippen LogP contribution in [0.1, 0.15) is 21.8 Å². The van der Waals surface area contributed by atoms with Crippen LogP contribution in [0.3, 0.4) is 0 Å². The summed E-state index contributed by atoms with van der Waals surface area (Å²) < 4.78 is 7.07. The molecule has 0 spiro atoms. The van der Waals surface area contributed by atoms with Gasteiger partial charge >= 0.3 is 0 Å². The lowest BCUT2D eigenvalue weighted by atomic mass is 10.1. The van der Waals surface area contributed by atoms with Crippen molar-refractivity contribution in [3.05, 3.63) is 89.9 Å². The molecule has 0 saturated heterocycles. The van der Waals surface area contributed by atoms with Crippen molar-refractivity contribution in [2.24, 2.45) is 0 Å². The first-order valence-corrected chi connectivity index (χ1v) is 9.39. The van der Waals surface area contributed by atoms with E-state index in [-0.39, 0.29) is 5.91 Å². The standard InChI is InChI=1S/C22H21N5O2/c1-26(15-19-14-20(24-29-19)18-10-6-3-7-11-18)22(28)21-16-27(25-23-21)13-12-17-8-4-2-5-9-17/h2-11,14,16H,12-13,15H2,1H3. The normalized spacial score (nSPS) is 10.8. The van der Waals surface area contributed by atoms with Gasteiger partial charge in [0.15, 0.2) is 11.5 Å². The highest BCUT2D eigenvalue weighted by atomic mass is 16.5. The van der Waals surface area contributed by atoms with Crippen LogP contribution in [-0.2, 0) is 19.5 Å². The molecule has 7 nitrogen and oxygen atoms in total. The summed E-state index contributed by atoms with van der Waals surface area (Å²) in [6.07, 6.45) is 2.51. The van der Waals surface area contributed by atoms with E-state index in [1.165, 1.54) is 5.56 Å². The van der Waals surface area contributed by atoms with Gasteiger partial charge in [0.05, 0.1) is 12.7 Å². The second kappa shape index (κ2) is 8.52. The zero-order valence-electron chi connectivity index (χ0n) is 16.1. The van der Waals surface area contributed by atoms with Crippen molar-refractivity contribution >= 4 is 5.91 Å². The Kier molecular flexibility index (Phi) is 5.47. The predicted molar refractivity (Wildman–Crippen MR) is 108 cm³/mol. The van der Waals surface area contributed by atoms with Gasteiger partial charge in [0.1, 0.15) is 5.69 Å². The van der Waals surface area contributed by atoms with Crippen LogP contribution in [-0.4, -0.2) is 38.0 Å². The molecule has 4 aromatic rings. The lowest BCUT2D eigenvalue weighted by Gasteiger charge is -2.12. The van der Waals surface area contributed by atoms with Crippen molar-refractivity contribution in [3.8, 4) is 11.3 Å². The summed E-state index contributed by atoms with van der Waals surface area (Å²) in [5.41, 5.74) is 3.24. The summed E-state index contributed by atoms with van der Waals surface area (Å²) in [5.74, 6) is 0.393. The Morgan fingerprint density at radius 2 is 1.79 bits per heavy atom. The van der Waals surface area contributed by atoms with Crippen LogP contribution in [0.5, 0.6) is 0 Å². The van der Waals surface area contributed by atoms with Crippen molar-refractivity contribution in [2.75, 3.05) is 7.05 Å². The third-order valence-corrected chi connectivity index (χ3v) is 4.60. The molecular weight excluding hydrogens is 366 g/mol. The van der Waals surface area contributed by atoms with Gasteiger partial charge in [0.25, 0.3) is 5.91 Å². The van der Waals surface area contributed by atoms with E-state index >= 15 is 0 Å². The average molecular weight is 387 g/mol. The van der Waals surface area contributed by atoms with Crippen molar-refractivity contribution in [2.45, 2.75) is 19.5 Å². The number of nitrogens with zero attached hydrogens (tertiary/aromatic N) is 5. The third-order valence-electron chi connectivity index (χ3n) is 4.60. The molecule has 7 heteroatoms. The number of carbonyl (C=O) groups excluding carboxylic acids is 1. The van der Waals surface area contributed by atoms with Crippen LogP contribution in [0.15, 0.2) is 77.4 Å². The summed E-state index contributed by atoms with van der Waals surface area (Å²) in [6.45, 7) is 0.964. The molecule has 0 aliphatic heterocycles. The summed E-state index contributed by atoms with van der Waals surface area (Å²) >= 11 is 0. The number of aryl methyl sites for hydroxylation is 2. The first kappa shape index (κ1) is 18.6. The minimum atomic E-state index is -0.214. The van der Waals surface area contributed by atoms with Gasteiger partial charge in [-0.05, 0) is 12.0 Å². The minimum absolute atomic E-state index is 0.214. The maximum Gasteiger partial charge on any atom is 0.276 e. The molecule has 0 atom stereocenters. The van der Waals surface area contributed by atoms with E-state index in [2.05, 4.69) is 27.6 Å². The summed E-state index contributed by atoms with van der Waals surface area (Å²) in [5, 5.41) is 12.2. The number of rotatable bonds is 7. The molecule has 2 aromatic carbocycles. The second-order valence-corrected chi connectivity index (χ2v) is 6.81. The van der Waals surface area contributed by atoms with Crippen molar-refractivity contribution in [1.29, 1.82) is 0 Å². The van der Waals surface area contributed by atoms with E-state index in [0.29, 0.717) is 24.5 Å². The highest BCUT2D eigenvalue weighted by Gasteiger charge is 2.18. The van der Waals surface area contributed by atoms with Crippen LogP contribution in [0, 0.1) is 0 Å². The Hall–Kier alpha value is -3.74. The van der Waals surface area contributed by atoms with E-state index in [9.17, 15) is 4.79 Å². The largest absolute Gasteiger partial charge is 0.359 e. The fourth-order valence-electron chi connectivity index (χ4n) is 3.03. The highest BCUT2D eigenvalue weighted by Crippen LogP contribution is 2.19. The average Bonchev–Trinajstić information content (AvgIpc) is 3.43. The molecular formula is C22H21N5O2. The predicted octanol–water partition coefficient (Wildman–Crippen LogP) is 3.45. The van der Waals surface area contributed by atoms with E-state index in [1.54, 1.807) is 22.8 Å². The molecule has 0 saturated carbocycles. The zero-order valence-corrected chi connectivity index (χ0v) is 16.1. The Bertz CT molecular complexity index is 1070. The van der Waals surface area contributed by atoms with Gasteiger partial charge in [-0.15, -0.1) is 5.10 Å². The Labute approximate surface area is 168 Å². The van der Waals surface area contributed by atoms with Gasteiger partial charge in [-0.3, -0.25) is 9.48 Å². The molecule has 1 amide bonds. The van der Waals surface area contributed by atoms with Crippen LogP contribution >= 0.6 is 0 Å². The fraction of sp³-hybridized carbons (Fsp3) is 0.182. The molecule has 0 bridgehead atoms. The SMILES string of the molecule is CN(Cc1cc(-c2ccccc2)no1)C(=O)c1cn(CCc2ccccc2)nn1. The van der Waals surface area contributed by atoms with Crippen LogP contribution in [0.2, 0.25) is 0 Å². The summed E-state index contributed by atoms with van der Waals surface area (Å²) in [4.78, 5) is 14.2. The van der Waals surface area contributed by atoms with Crippen molar-refractivity contribution in [3.63, 3.8) is 0 Å². The number of benzene rings is 2. The lowest BCUT2D eigenvalue weighted by Crippen LogP contribution is -2.26. The maximum absolute atomic E-state index is 12.7. The van der Waals surface area contributed by atoms with Crippen LogP contribution in [0.25, 0.3) is 11.3 Å². The van der Waals surface area contributed by atoms with E-state index in [4.69, 9.17) is 4.52 Å². The Balaban J connectivity index is 1.36. The molecule has 146 valence electrons. The highest BCUT2D eigenvalue weighted by molar-refractivity contribution is 5.91. The molecule has 0 N–H and O–H groups in total. The van der Waals surface area contributed by atoms with Crippen molar-refractivity contribution in [1.82, 2.24) is 25.1 Å². The Morgan fingerprint density at radius 3 is 2.55 bits per heavy atom. The molecule has 2 aromatic heterocycles. The first-order valence-electron chi connectivity index (χ1n) is 9.39. The molecule has 2 heterocycles. The van der Waals surface area contributed by atoms with E-state index in [0.717, 1.165) is 17.7 Å². The fourth-order valence-corrected chi connectivity index (χ4v) is 3.03. The molecule has 0 fully saturated rings. The number of carbonyl (C=O) groups is 1. The molecule has 4 rings (SSSR count). The number of aromatic nitrogens is 4. The number of hydrogen-bond donors (Lipinski definition) is 0. The third kappa shape index (κ3) is 4.57. The quantitative estimate of drug-likeness (QED) is 0.485. The summed E-state index contributed by atoms with van der Waals surface area (Å²) in [7, 11) is 1.70. The topological polar surface area (TPSA) is 77.0 Å². The molecule has 0 radical (unpaired) electrons. The van der Waals surface area contributed by atoms with Gasteiger partial charge in [-0.25, -0.2) is 0 Å². The van der Waals surface area contributed by atoms with Gasteiger partial charge in [-0.2, -0.15) is 0 Å². The second-order valence-electron chi connectivity index (χ2n) is 6.81. The van der Waals surface area contributed by atoms with Gasteiger partial charge in [0.2, 0.25) is 0 Å². The molecule has 29 heavy (non-hydrogen) atoms. The van der Waals surface area contributed by atoms with Crippen molar-refractivity contribution < 1.29 is 9.32 Å². The monoisotopic (exact) mass is 387 g/mol. The van der Waals surface area contributed by atoms with Gasteiger partial charge in [-0.1, -0.05) is 71.0 Å². The van der Waals surface area contributed by atoms with E-state index in [1.807, 2.05) is 54.6 Å².